The molecular weight excluding hydrogens is 529 g/mol. The molecule has 1 saturated heterocycles. The minimum atomic E-state index is -0.935. The van der Waals surface area contributed by atoms with Crippen LogP contribution in [0.3, 0.4) is 0 Å². The fourth-order valence-corrected chi connectivity index (χ4v) is 5.33. The van der Waals surface area contributed by atoms with Gasteiger partial charge in [0.05, 0.1) is 40.2 Å². The first-order valence-corrected chi connectivity index (χ1v) is 13.8. The molecule has 0 unspecified atom stereocenters. The first kappa shape index (κ1) is 28.2. The van der Waals surface area contributed by atoms with Gasteiger partial charge >= 0.3 is 5.69 Å². The van der Waals surface area contributed by atoms with E-state index < -0.39 is 34.4 Å². The van der Waals surface area contributed by atoms with Crippen molar-refractivity contribution in [1.29, 1.82) is 5.26 Å². The topological polar surface area (TPSA) is 135 Å². The van der Waals surface area contributed by atoms with Crippen LogP contribution in [-0.2, 0) is 16.1 Å². The van der Waals surface area contributed by atoms with Crippen molar-refractivity contribution < 1.29 is 18.7 Å². The smallest absolute Gasteiger partial charge is 0.331 e. The molecular formula is C30H32FN5O5. The van der Waals surface area contributed by atoms with Gasteiger partial charge in [-0.2, -0.15) is 5.26 Å². The molecule has 2 heterocycles. The predicted octanol–water partition coefficient (Wildman–Crippen LogP) is 3.47. The van der Waals surface area contributed by atoms with Crippen molar-refractivity contribution in [3.05, 3.63) is 74.2 Å². The number of benzene rings is 2. The van der Waals surface area contributed by atoms with Gasteiger partial charge in [0.15, 0.2) is 0 Å². The highest BCUT2D eigenvalue weighted by molar-refractivity contribution is 5.97. The van der Waals surface area contributed by atoms with Crippen LogP contribution in [0.5, 0.6) is 0 Å². The van der Waals surface area contributed by atoms with Gasteiger partial charge in [-0.05, 0) is 75.8 Å². The van der Waals surface area contributed by atoms with Crippen molar-refractivity contribution in [2.75, 3.05) is 18.5 Å². The number of fused-ring (bicyclic) bond motifs is 1. The number of ether oxygens (including phenoxy) is 1. The minimum Gasteiger partial charge on any atom is -0.381 e. The minimum absolute atomic E-state index is 0.144. The van der Waals surface area contributed by atoms with Gasteiger partial charge in [0, 0.05) is 37.4 Å². The molecule has 0 spiro atoms. The number of halogens is 1. The fourth-order valence-electron chi connectivity index (χ4n) is 5.33. The Bertz CT molecular complexity index is 1660. The number of rotatable bonds is 8. The molecule has 0 atom stereocenters. The lowest BCUT2D eigenvalue weighted by Gasteiger charge is -2.37. The van der Waals surface area contributed by atoms with E-state index in [2.05, 4.69) is 10.6 Å². The first-order chi connectivity index (χ1) is 19.6. The van der Waals surface area contributed by atoms with Gasteiger partial charge in [0.25, 0.3) is 11.5 Å². The Hall–Kier alpha value is -4.30. The van der Waals surface area contributed by atoms with Crippen LogP contribution in [-0.4, -0.2) is 39.7 Å². The summed E-state index contributed by atoms with van der Waals surface area (Å²) >= 11 is 0. The molecule has 5 rings (SSSR count). The van der Waals surface area contributed by atoms with Gasteiger partial charge in [0.1, 0.15) is 5.82 Å². The van der Waals surface area contributed by atoms with Crippen LogP contribution < -0.4 is 21.9 Å². The molecule has 41 heavy (non-hydrogen) atoms. The summed E-state index contributed by atoms with van der Waals surface area (Å²) < 4.78 is 23.4. The Morgan fingerprint density at radius 1 is 1.15 bits per heavy atom. The van der Waals surface area contributed by atoms with E-state index in [0.29, 0.717) is 43.7 Å². The molecule has 0 bridgehead atoms. The summed E-state index contributed by atoms with van der Waals surface area (Å²) in [6, 6.07) is 10.3. The maximum Gasteiger partial charge on any atom is 0.331 e. The standard InChI is InChI=1S/C30H32FN5O5/c1-18(2)36-25-14-23(31)24(13-22(25)28(39)35(29(36)40)17-20-3-4-20)33-26(37)15-30(9-11-41-12-10-30)34-27(38)21-7-5-19(16-32)6-8-21/h5-8,13-14,18,20H,3-4,9-12,15,17H2,1-2H3,(H,33,37)(H,34,38). The maximum atomic E-state index is 15.3. The quantitative estimate of drug-likeness (QED) is 0.432. The van der Waals surface area contributed by atoms with Gasteiger partial charge in [-0.3, -0.25) is 23.5 Å². The molecule has 3 aromatic rings. The van der Waals surface area contributed by atoms with Crippen molar-refractivity contribution in [1.82, 2.24) is 14.5 Å². The SMILES string of the molecule is CC(C)n1c(=O)n(CC2CC2)c(=O)c2cc(NC(=O)CC3(NC(=O)c4ccc(C#N)cc4)CCOCC3)c(F)cc21. The average molecular weight is 562 g/mol. The third kappa shape index (κ3) is 5.93. The lowest BCUT2D eigenvalue weighted by atomic mass is 9.85. The van der Waals surface area contributed by atoms with Gasteiger partial charge in [-0.25, -0.2) is 9.18 Å². The number of nitrogens with zero attached hydrogens (tertiary/aromatic N) is 3. The number of hydrogen-bond donors (Lipinski definition) is 2. The second kappa shape index (κ2) is 11.3. The summed E-state index contributed by atoms with van der Waals surface area (Å²) in [6.45, 7) is 4.56. The lowest BCUT2D eigenvalue weighted by molar-refractivity contribution is -0.118. The van der Waals surface area contributed by atoms with E-state index in [1.54, 1.807) is 13.8 Å². The molecule has 1 aromatic heterocycles. The summed E-state index contributed by atoms with van der Waals surface area (Å²) in [7, 11) is 0. The molecule has 0 radical (unpaired) electrons. The third-order valence-electron chi connectivity index (χ3n) is 7.79. The second-order valence-electron chi connectivity index (χ2n) is 11.2. The summed E-state index contributed by atoms with van der Waals surface area (Å²) in [6.07, 6.45) is 2.49. The largest absolute Gasteiger partial charge is 0.381 e. The number of nitriles is 1. The van der Waals surface area contributed by atoms with Crippen LogP contribution in [0.4, 0.5) is 10.1 Å². The van der Waals surface area contributed by atoms with Crippen molar-refractivity contribution in [2.24, 2.45) is 5.92 Å². The summed E-state index contributed by atoms with van der Waals surface area (Å²) in [5.41, 5.74) is -1.16. The normalized spacial score (nSPS) is 16.4. The van der Waals surface area contributed by atoms with Crippen molar-refractivity contribution in [3.8, 4) is 6.07 Å². The Kier molecular flexibility index (Phi) is 7.78. The van der Waals surface area contributed by atoms with E-state index in [1.807, 2.05) is 6.07 Å². The van der Waals surface area contributed by atoms with Gasteiger partial charge in [-0.1, -0.05) is 0 Å². The summed E-state index contributed by atoms with van der Waals surface area (Å²) in [4.78, 5) is 52.8. The number of carbonyl (C=O) groups excluding carboxylic acids is 2. The molecule has 10 nitrogen and oxygen atoms in total. The Balaban J connectivity index is 1.42. The summed E-state index contributed by atoms with van der Waals surface area (Å²) in [5.74, 6) is -1.44. The highest BCUT2D eigenvalue weighted by atomic mass is 19.1. The first-order valence-electron chi connectivity index (χ1n) is 13.8. The highest BCUT2D eigenvalue weighted by Gasteiger charge is 2.37. The summed E-state index contributed by atoms with van der Waals surface area (Å²) in [5, 5.41) is 14.7. The molecule has 214 valence electrons. The van der Waals surface area contributed by atoms with Crippen molar-refractivity contribution in [3.63, 3.8) is 0 Å². The zero-order valence-corrected chi connectivity index (χ0v) is 23.0. The van der Waals surface area contributed by atoms with Gasteiger partial charge in [-0.15, -0.1) is 0 Å². The van der Waals surface area contributed by atoms with Crippen LogP contribution in [0.1, 0.15) is 67.9 Å². The average Bonchev–Trinajstić information content (AvgIpc) is 3.76. The zero-order valence-electron chi connectivity index (χ0n) is 23.0. The van der Waals surface area contributed by atoms with Crippen molar-refractivity contribution in [2.45, 2.75) is 64.1 Å². The predicted molar refractivity (Wildman–Crippen MR) is 150 cm³/mol. The molecule has 2 amide bonds. The molecule has 2 aromatic carbocycles. The third-order valence-corrected chi connectivity index (χ3v) is 7.79. The molecule has 1 aliphatic heterocycles. The molecule has 1 saturated carbocycles. The number of anilines is 1. The fraction of sp³-hybridized carbons (Fsp3) is 0.433. The highest BCUT2D eigenvalue weighted by Crippen LogP contribution is 2.31. The number of carbonyl (C=O) groups is 2. The molecule has 11 heteroatoms. The van der Waals surface area contributed by atoms with Crippen LogP contribution >= 0.6 is 0 Å². The van der Waals surface area contributed by atoms with Crippen LogP contribution in [0.15, 0.2) is 46.0 Å². The Labute approximate surface area is 235 Å². The van der Waals surface area contributed by atoms with E-state index in [0.717, 1.165) is 18.9 Å². The van der Waals surface area contributed by atoms with Crippen LogP contribution in [0.2, 0.25) is 0 Å². The number of aromatic nitrogens is 2. The maximum absolute atomic E-state index is 15.3. The molecule has 2 N–H and O–H groups in total. The van der Waals surface area contributed by atoms with E-state index in [-0.39, 0.29) is 35.0 Å². The molecule has 2 aliphatic rings. The lowest BCUT2D eigenvalue weighted by Crippen LogP contribution is -2.53. The van der Waals surface area contributed by atoms with E-state index in [1.165, 1.54) is 39.5 Å². The number of amides is 2. The Morgan fingerprint density at radius 2 is 1.83 bits per heavy atom. The molecule has 2 fully saturated rings. The number of hydrogen-bond acceptors (Lipinski definition) is 6. The monoisotopic (exact) mass is 561 g/mol. The van der Waals surface area contributed by atoms with Gasteiger partial charge < -0.3 is 15.4 Å². The van der Waals surface area contributed by atoms with E-state index >= 15 is 4.39 Å². The molecule has 1 aliphatic carbocycles. The zero-order chi connectivity index (χ0) is 29.3. The Morgan fingerprint density at radius 3 is 2.44 bits per heavy atom. The van der Waals surface area contributed by atoms with E-state index in [9.17, 15) is 19.2 Å². The van der Waals surface area contributed by atoms with Crippen LogP contribution in [0.25, 0.3) is 10.9 Å². The number of nitrogens with one attached hydrogen (secondary N) is 2. The van der Waals surface area contributed by atoms with Crippen molar-refractivity contribution >= 4 is 28.4 Å². The van der Waals surface area contributed by atoms with E-state index in [4.69, 9.17) is 10.00 Å². The van der Waals surface area contributed by atoms with Gasteiger partial charge in [0.2, 0.25) is 5.91 Å². The second-order valence-corrected chi connectivity index (χ2v) is 11.2. The van der Waals surface area contributed by atoms with Crippen LogP contribution in [0, 0.1) is 23.1 Å².